The Morgan fingerprint density at radius 3 is 2.17 bits per heavy atom. The molecule has 0 radical (unpaired) electrons. The van der Waals surface area contributed by atoms with Crippen molar-refractivity contribution in [2.24, 2.45) is 23.2 Å². The molecule has 0 spiro atoms. The minimum atomic E-state index is -0.989. The number of alkyl carbamates (subject to hydrolysis) is 1. The van der Waals surface area contributed by atoms with Crippen LogP contribution in [0.4, 0.5) is 4.79 Å². The van der Waals surface area contributed by atoms with Gasteiger partial charge in [-0.1, -0.05) is 54.4 Å². The molecule has 5 amide bonds. The predicted octanol–water partition coefficient (Wildman–Crippen LogP) is 1.66. The molecule has 0 aromatic rings. The summed E-state index contributed by atoms with van der Waals surface area (Å²) >= 11 is 0. The van der Waals surface area contributed by atoms with Crippen LogP contribution in [0, 0.1) is 23.2 Å². The van der Waals surface area contributed by atoms with E-state index in [0.717, 1.165) is 32.1 Å². The van der Waals surface area contributed by atoms with E-state index < -0.39 is 65.1 Å². The summed E-state index contributed by atoms with van der Waals surface area (Å²) in [5.74, 6) is -2.96. The quantitative estimate of drug-likeness (QED) is 0.251. The summed E-state index contributed by atoms with van der Waals surface area (Å²) in [5, 5.41) is 10.9. The fourth-order valence-corrected chi connectivity index (χ4v) is 6.09. The molecule has 0 aromatic heterocycles. The van der Waals surface area contributed by atoms with E-state index in [0.29, 0.717) is 19.4 Å². The molecule has 3 rings (SSSR count). The first-order valence-corrected chi connectivity index (χ1v) is 15.3. The van der Waals surface area contributed by atoms with Crippen molar-refractivity contribution in [2.45, 2.75) is 117 Å². The number of Topliss-reactive ketones (excluding diaryl/α,β-unsaturated/α-hetero) is 1. The second-order valence-corrected chi connectivity index (χ2v) is 13.4. The van der Waals surface area contributed by atoms with Crippen LogP contribution in [-0.2, 0) is 28.7 Å². The van der Waals surface area contributed by atoms with Gasteiger partial charge < -0.3 is 30.9 Å². The van der Waals surface area contributed by atoms with Crippen LogP contribution >= 0.6 is 0 Å². The number of methoxy groups -OCH3 is 1. The molecule has 1 saturated heterocycles. The third-order valence-corrected chi connectivity index (χ3v) is 8.60. The average molecular weight is 592 g/mol. The van der Waals surface area contributed by atoms with Gasteiger partial charge in [0.2, 0.25) is 23.5 Å². The second-order valence-electron chi connectivity index (χ2n) is 13.4. The highest BCUT2D eigenvalue weighted by Crippen LogP contribution is 2.43. The molecule has 0 bridgehead atoms. The molecule has 12 nitrogen and oxygen atoms in total. The first-order valence-electron chi connectivity index (χ1n) is 15.3. The number of carbonyl (C=O) groups is 6. The Bertz CT molecular complexity index is 1050. The van der Waals surface area contributed by atoms with Gasteiger partial charge in [-0.05, 0) is 55.3 Å². The third-order valence-electron chi connectivity index (χ3n) is 8.60. The van der Waals surface area contributed by atoms with Crippen molar-refractivity contribution in [3.63, 3.8) is 0 Å². The Kier molecular flexibility index (Phi) is 11.0. The largest absolute Gasteiger partial charge is 0.453 e. The van der Waals surface area contributed by atoms with E-state index in [4.69, 9.17) is 0 Å². The maximum absolute atomic E-state index is 14.2. The Morgan fingerprint density at radius 2 is 1.62 bits per heavy atom. The molecule has 3 aliphatic rings. The molecule has 1 aliphatic heterocycles. The van der Waals surface area contributed by atoms with Crippen molar-refractivity contribution in [1.29, 1.82) is 0 Å². The number of hydrogen-bond acceptors (Lipinski definition) is 7. The lowest BCUT2D eigenvalue weighted by atomic mass is 9.85. The minimum absolute atomic E-state index is 0.0178. The van der Waals surface area contributed by atoms with Gasteiger partial charge in [0.05, 0.1) is 13.2 Å². The van der Waals surface area contributed by atoms with Gasteiger partial charge in [0, 0.05) is 12.6 Å². The Labute approximate surface area is 248 Å². The number of carbonyl (C=O) groups excluding carboxylic acids is 6. The van der Waals surface area contributed by atoms with Crippen molar-refractivity contribution in [1.82, 2.24) is 26.2 Å². The van der Waals surface area contributed by atoms with Gasteiger partial charge in [0.1, 0.15) is 18.1 Å². The van der Waals surface area contributed by atoms with Crippen molar-refractivity contribution in [3.05, 3.63) is 0 Å². The topological polar surface area (TPSA) is 163 Å². The summed E-state index contributed by atoms with van der Waals surface area (Å²) in [6, 6.07) is -3.70. The van der Waals surface area contributed by atoms with E-state index in [1.54, 1.807) is 18.7 Å². The standard InChI is InChI=1S/C30H49N5O7/c1-8-10-20(23(36)27(39)31-18-13-14-18)32-26(38)22-19-12-9-11-17(19)15-35(22)28(40)24(30(4,5)6)34-25(37)21(16(2)3)33-29(41)42-7/h16-22,24H,8-15H2,1-7H3,(H,31,39)(H,32,38)(H,33,41)(H,34,37)/t17-,19-,20-,21-,22-,24+/m0/s1. The lowest BCUT2D eigenvalue weighted by molar-refractivity contribution is -0.146. The monoisotopic (exact) mass is 591 g/mol. The van der Waals surface area contributed by atoms with Gasteiger partial charge in [-0.15, -0.1) is 0 Å². The van der Waals surface area contributed by atoms with Gasteiger partial charge in [0.25, 0.3) is 5.91 Å². The highest BCUT2D eigenvalue weighted by Gasteiger charge is 2.52. The summed E-state index contributed by atoms with van der Waals surface area (Å²) in [6.45, 7) is 11.3. The number of nitrogens with one attached hydrogen (secondary N) is 4. The number of nitrogens with zero attached hydrogens (tertiary/aromatic N) is 1. The minimum Gasteiger partial charge on any atom is -0.453 e. The summed E-state index contributed by atoms with van der Waals surface area (Å²) in [4.78, 5) is 80.3. The number of ketones is 1. The molecule has 6 atom stereocenters. The molecular formula is C30H49N5O7. The van der Waals surface area contributed by atoms with Crippen LogP contribution in [0.3, 0.4) is 0 Å². The van der Waals surface area contributed by atoms with E-state index in [9.17, 15) is 28.8 Å². The van der Waals surface area contributed by atoms with Crippen LogP contribution < -0.4 is 21.3 Å². The fourth-order valence-electron chi connectivity index (χ4n) is 6.09. The molecule has 236 valence electrons. The summed E-state index contributed by atoms with van der Waals surface area (Å²) in [7, 11) is 1.21. The van der Waals surface area contributed by atoms with Crippen molar-refractivity contribution < 1.29 is 33.5 Å². The summed E-state index contributed by atoms with van der Waals surface area (Å²) in [5.41, 5.74) is -0.722. The maximum atomic E-state index is 14.2. The predicted molar refractivity (Wildman–Crippen MR) is 155 cm³/mol. The SMILES string of the molecule is CCC[C@H](NC(=O)[C@@H]1[C@H]2CCC[C@H]2CN1C(=O)[C@@H](NC(=O)[C@@H](NC(=O)OC)C(C)C)C(C)(C)C)C(=O)C(=O)NC1CC1. The van der Waals surface area contributed by atoms with E-state index in [1.165, 1.54) is 7.11 Å². The van der Waals surface area contributed by atoms with Crippen LogP contribution in [0.5, 0.6) is 0 Å². The Morgan fingerprint density at radius 1 is 0.952 bits per heavy atom. The van der Waals surface area contributed by atoms with Crippen molar-refractivity contribution in [3.8, 4) is 0 Å². The molecule has 3 fully saturated rings. The molecule has 12 heteroatoms. The third kappa shape index (κ3) is 8.01. The smallest absolute Gasteiger partial charge is 0.407 e. The number of fused-ring (bicyclic) bond motifs is 1. The number of likely N-dealkylation sites (tertiary alicyclic amines) is 1. The van der Waals surface area contributed by atoms with Crippen LogP contribution in [0.25, 0.3) is 0 Å². The Hall–Kier alpha value is -3.18. The van der Waals surface area contributed by atoms with Crippen molar-refractivity contribution in [2.75, 3.05) is 13.7 Å². The van der Waals surface area contributed by atoms with Gasteiger partial charge in [0.15, 0.2) is 0 Å². The zero-order valence-electron chi connectivity index (χ0n) is 26.1. The lowest BCUT2D eigenvalue weighted by Gasteiger charge is -2.37. The van der Waals surface area contributed by atoms with Crippen molar-refractivity contribution >= 4 is 35.5 Å². The fraction of sp³-hybridized carbons (Fsp3) is 0.800. The average Bonchev–Trinajstić information content (AvgIpc) is 3.48. The van der Waals surface area contributed by atoms with E-state index >= 15 is 0 Å². The van der Waals surface area contributed by atoms with Crippen LogP contribution in [0.1, 0.15) is 86.5 Å². The molecule has 2 saturated carbocycles. The number of hydrogen-bond donors (Lipinski definition) is 4. The highest BCUT2D eigenvalue weighted by molar-refractivity contribution is 6.38. The van der Waals surface area contributed by atoms with Crippen LogP contribution in [-0.4, -0.2) is 84.3 Å². The maximum Gasteiger partial charge on any atom is 0.407 e. The van der Waals surface area contributed by atoms with E-state index in [1.807, 2.05) is 27.7 Å². The first-order chi connectivity index (χ1) is 19.7. The molecule has 4 N–H and O–H groups in total. The van der Waals surface area contributed by atoms with Crippen LogP contribution in [0.2, 0.25) is 0 Å². The molecule has 2 aliphatic carbocycles. The number of ether oxygens (including phenoxy) is 1. The van der Waals surface area contributed by atoms with Gasteiger partial charge in [-0.25, -0.2) is 4.79 Å². The zero-order chi connectivity index (χ0) is 31.4. The molecule has 1 heterocycles. The Balaban J connectivity index is 1.83. The molecule has 0 unspecified atom stereocenters. The van der Waals surface area contributed by atoms with Gasteiger partial charge >= 0.3 is 6.09 Å². The van der Waals surface area contributed by atoms with E-state index in [-0.39, 0.29) is 23.8 Å². The highest BCUT2D eigenvalue weighted by atomic mass is 16.5. The first kappa shape index (κ1) is 33.3. The summed E-state index contributed by atoms with van der Waals surface area (Å²) < 4.78 is 4.67. The van der Waals surface area contributed by atoms with Gasteiger partial charge in [-0.3, -0.25) is 24.0 Å². The van der Waals surface area contributed by atoms with E-state index in [2.05, 4.69) is 26.0 Å². The summed E-state index contributed by atoms with van der Waals surface area (Å²) in [6.07, 6.45) is 4.41. The van der Waals surface area contributed by atoms with Gasteiger partial charge in [-0.2, -0.15) is 0 Å². The lowest BCUT2D eigenvalue weighted by Crippen LogP contribution is -2.62. The zero-order valence-corrected chi connectivity index (χ0v) is 26.1. The molecular weight excluding hydrogens is 542 g/mol. The molecule has 42 heavy (non-hydrogen) atoms. The normalized spacial score (nSPS) is 23.8. The number of rotatable bonds is 12. The molecule has 0 aromatic carbocycles. The number of amides is 5. The second kappa shape index (κ2) is 13.9. The van der Waals surface area contributed by atoms with Crippen LogP contribution in [0.15, 0.2) is 0 Å².